The van der Waals surface area contributed by atoms with Crippen molar-refractivity contribution in [3.63, 3.8) is 0 Å². The summed E-state index contributed by atoms with van der Waals surface area (Å²) in [6, 6.07) is 0. The first-order valence-electron chi connectivity index (χ1n) is 5.39. The van der Waals surface area contributed by atoms with Crippen LogP contribution in [0.2, 0.25) is 0 Å². The number of hydrogen-bond acceptors (Lipinski definition) is 1. The highest BCUT2D eigenvalue weighted by Crippen LogP contribution is 2.29. The zero-order valence-corrected chi connectivity index (χ0v) is 10.1. The molecular formula is C14H22O. The van der Waals surface area contributed by atoms with E-state index in [0.717, 1.165) is 0 Å². The van der Waals surface area contributed by atoms with Crippen LogP contribution in [0.25, 0.3) is 0 Å². The van der Waals surface area contributed by atoms with Crippen LogP contribution in [0.3, 0.4) is 0 Å². The van der Waals surface area contributed by atoms with Gasteiger partial charge in [-0.3, -0.25) is 0 Å². The molecule has 0 saturated heterocycles. The molecule has 0 fully saturated rings. The molecule has 0 aliphatic carbocycles. The van der Waals surface area contributed by atoms with Gasteiger partial charge in [-0.15, -0.1) is 0 Å². The average molecular weight is 206 g/mol. The highest BCUT2D eigenvalue weighted by molar-refractivity contribution is 5.26. The lowest BCUT2D eigenvalue weighted by Gasteiger charge is -2.27. The Kier molecular flexibility index (Phi) is 6.72. The fourth-order valence-electron chi connectivity index (χ4n) is 1.68. The van der Waals surface area contributed by atoms with Crippen LogP contribution in [0.4, 0.5) is 0 Å². The second-order valence-corrected chi connectivity index (χ2v) is 3.47. The number of aliphatic hydroxyl groups is 1. The van der Waals surface area contributed by atoms with Gasteiger partial charge < -0.3 is 5.11 Å². The third-order valence-corrected chi connectivity index (χ3v) is 2.25. The maximum absolute atomic E-state index is 10.1. The summed E-state index contributed by atoms with van der Waals surface area (Å²) >= 11 is 0. The van der Waals surface area contributed by atoms with Gasteiger partial charge in [-0.1, -0.05) is 48.6 Å². The molecule has 1 atom stereocenters. The fraction of sp³-hybridized carbons (Fsp3) is 0.429. The summed E-state index contributed by atoms with van der Waals surface area (Å²) in [4.78, 5) is 0. The smallest absolute Gasteiger partial charge is 0.0881 e. The second-order valence-electron chi connectivity index (χ2n) is 3.47. The summed E-state index contributed by atoms with van der Waals surface area (Å²) in [6.45, 7) is 7.80. The summed E-state index contributed by atoms with van der Waals surface area (Å²) in [5.41, 5.74) is -0.412. The van der Waals surface area contributed by atoms with Crippen molar-refractivity contribution in [3.05, 3.63) is 48.6 Å². The molecule has 0 aliphatic heterocycles. The van der Waals surface area contributed by atoms with Gasteiger partial charge in [0.1, 0.15) is 0 Å². The molecule has 0 saturated carbocycles. The van der Waals surface area contributed by atoms with E-state index in [4.69, 9.17) is 0 Å². The van der Waals surface area contributed by atoms with Gasteiger partial charge in [0.2, 0.25) is 0 Å². The van der Waals surface area contributed by atoms with E-state index < -0.39 is 11.5 Å². The van der Waals surface area contributed by atoms with Crippen LogP contribution >= 0.6 is 0 Å². The van der Waals surface area contributed by atoms with Gasteiger partial charge in [-0.05, 0) is 27.7 Å². The Morgan fingerprint density at radius 3 is 1.47 bits per heavy atom. The molecule has 0 heterocycles. The van der Waals surface area contributed by atoms with E-state index in [0.29, 0.717) is 0 Å². The minimum atomic E-state index is -0.522. The van der Waals surface area contributed by atoms with Gasteiger partial charge in [0.15, 0.2) is 0 Å². The largest absolute Gasteiger partial charge is 0.387 e. The molecule has 0 aromatic carbocycles. The Balaban J connectivity index is 5.28. The van der Waals surface area contributed by atoms with Gasteiger partial charge in [-0.2, -0.15) is 0 Å². The first-order chi connectivity index (χ1) is 7.16. The van der Waals surface area contributed by atoms with Crippen molar-refractivity contribution in [2.45, 2.75) is 33.8 Å². The van der Waals surface area contributed by atoms with Crippen LogP contribution in [-0.2, 0) is 0 Å². The van der Waals surface area contributed by atoms with E-state index in [2.05, 4.69) is 0 Å². The molecule has 1 unspecified atom stereocenters. The molecule has 1 nitrogen and oxygen atoms in total. The molecule has 15 heavy (non-hydrogen) atoms. The van der Waals surface area contributed by atoms with E-state index in [1.807, 2.05) is 70.2 Å². The molecule has 1 heteroatoms. The van der Waals surface area contributed by atoms with Crippen molar-refractivity contribution in [3.8, 4) is 0 Å². The second kappa shape index (κ2) is 7.24. The van der Waals surface area contributed by atoms with E-state index >= 15 is 0 Å². The molecule has 0 aromatic rings. The minimum absolute atomic E-state index is 0.412. The lowest BCUT2D eigenvalue weighted by molar-refractivity contribution is 0.160. The van der Waals surface area contributed by atoms with Gasteiger partial charge in [0, 0.05) is 0 Å². The Morgan fingerprint density at radius 1 is 0.800 bits per heavy atom. The summed E-state index contributed by atoms with van der Waals surface area (Å²) in [6.07, 6.45) is 15.1. The molecule has 0 aromatic heterocycles. The van der Waals surface area contributed by atoms with Crippen molar-refractivity contribution in [1.29, 1.82) is 0 Å². The first-order valence-corrected chi connectivity index (χ1v) is 5.39. The third-order valence-electron chi connectivity index (χ3n) is 2.25. The van der Waals surface area contributed by atoms with Gasteiger partial charge in [-0.25, -0.2) is 0 Å². The Morgan fingerprint density at radius 2 is 1.20 bits per heavy atom. The van der Waals surface area contributed by atoms with E-state index in [-0.39, 0.29) is 0 Å². The summed E-state index contributed by atoms with van der Waals surface area (Å²) in [7, 11) is 0. The van der Waals surface area contributed by atoms with Crippen LogP contribution in [0.5, 0.6) is 0 Å². The third kappa shape index (κ3) is 3.88. The van der Waals surface area contributed by atoms with Crippen LogP contribution in [0.1, 0.15) is 27.7 Å². The van der Waals surface area contributed by atoms with Gasteiger partial charge in [0.05, 0.1) is 11.5 Å². The SMILES string of the molecule is C/C=C/C(O)C(/C=C/C)(/C=C/C)/C=C/C. The summed E-state index contributed by atoms with van der Waals surface area (Å²) in [5, 5.41) is 10.1. The Hall–Kier alpha value is -1.08. The normalized spacial score (nSPS) is 16.3. The molecule has 1 N–H and O–H groups in total. The Bertz CT molecular complexity index is 238. The van der Waals surface area contributed by atoms with Crippen molar-refractivity contribution in [2.75, 3.05) is 0 Å². The van der Waals surface area contributed by atoms with Crippen LogP contribution in [0, 0.1) is 5.41 Å². The predicted molar refractivity (Wildman–Crippen MR) is 67.7 cm³/mol. The number of aliphatic hydroxyl groups excluding tert-OH is 1. The zero-order chi connectivity index (χ0) is 11.7. The minimum Gasteiger partial charge on any atom is -0.387 e. The van der Waals surface area contributed by atoms with Crippen LogP contribution in [0.15, 0.2) is 48.6 Å². The standard InChI is InChI=1S/C14H22O/c1-5-9-13(15)14(10-6-2,11-7-3)12-8-4/h5-13,15H,1-4H3/b9-5+,10-6+,11-7+,12-8+. The molecular weight excluding hydrogens is 184 g/mol. The maximum Gasteiger partial charge on any atom is 0.0881 e. The van der Waals surface area contributed by atoms with Crippen LogP contribution < -0.4 is 0 Å². The van der Waals surface area contributed by atoms with E-state index in [1.54, 1.807) is 6.08 Å². The highest BCUT2D eigenvalue weighted by Gasteiger charge is 2.27. The number of rotatable bonds is 5. The molecule has 0 amide bonds. The highest BCUT2D eigenvalue weighted by atomic mass is 16.3. The number of allylic oxidation sites excluding steroid dienone is 4. The van der Waals surface area contributed by atoms with Crippen molar-refractivity contribution < 1.29 is 5.11 Å². The molecule has 84 valence electrons. The predicted octanol–water partition coefficient (Wildman–Crippen LogP) is 3.64. The van der Waals surface area contributed by atoms with Crippen LogP contribution in [-0.4, -0.2) is 11.2 Å². The monoisotopic (exact) mass is 206 g/mol. The quantitative estimate of drug-likeness (QED) is 0.681. The molecule has 0 spiro atoms. The fourth-order valence-corrected chi connectivity index (χ4v) is 1.68. The summed E-state index contributed by atoms with van der Waals surface area (Å²) in [5.74, 6) is 0. The average Bonchev–Trinajstić information content (AvgIpc) is 2.19. The first kappa shape index (κ1) is 13.9. The maximum atomic E-state index is 10.1. The van der Waals surface area contributed by atoms with E-state index in [9.17, 15) is 5.11 Å². The lowest BCUT2D eigenvalue weighted by atomic mass is 9.80. The summed E-state index contributed by atoms with van der Waals surface area (Å²) < 4.78 is 0. The Labute approximate surface area is 93.5 Å². The molecule has 0 aliphatic rings. The molecule has 0 bridgehead atoms. The van der Waals surface area contributed by atoms with Crippen molar-refractivity contribution in [1.82, 2.24) is 0 Å². The van der Waals surface area contributed by atoms with Gasteiger partial charge in [0.25, 0.3) is 0 Å². The van der Waals surface area contributed by atoms with Crippen molar-refractivity contribution >= 4 is 0 Å². The molecule has 0 radical (unpaired) electrons. The van der Waals surface area contributed by atoms with E-state index in [1.165, 1.54) is 0 Å². The lowest BCUT2D eigenvalue weighted by Crippen LogP contribution is -2.27. The number of hydrogen-bond donors (Lipinski definition) is 1. The topological polar surface area (TPSA) is 20.2 Å². The molecule has 0 rings (SSSR count). The zero-order valence-electron chi connectivity index (χ0n) is 10.1. The van der Waals surface area contributed by atoms with Crippen molar-refractivity contribution in [2.24, 2.45) is 5.41 Å². The van der Waals surface area contributed by atoms with Gasteiger partial charge >= 0.3 is 0 Å².